The van der Waals surface area contributed by atoms with Crippen LogP contribution < -0.4 is 5.73 Å². The van der Waals surface area contributed by atoms with Gasteiger partial charge in [-0.05, 0) is 18.1 Å². The van der Waals surface area contributed by atoms with E-state index in [0.29, 0.717) is 0 Å². The quantitative estimate of drug-likeness (QED) is 0.857. The Morgan fingerprint density at radius 3 is 2.56 bits per heavy atom. The predicted molar refractivity (Wildman–Crippen MR) is 57.5 cm³/mol. The lowest BCUT2D eigenvalue weighted by molar-refractivity contribution is -0.137. The van der Waals surface area contributed by atoms with Gasteiger partial charge in [-0.3, -0.25) is 4.79 Å². The Hall–Kier alpha value is -1.20. The molecule has 0 bridgehead atoms. The first-order chi connectivity index (χ1) is 6.99. The maximum absolute atomic E-state index is 13.1. The molecule has 0 spiro atoms. The van der Waals surface area contributed by atoms with Crippen molar-refractivity contribution in [2.45, 2.75) is 18.9 Å². The molecule has 0 aliphatic carbocycles. The molecule has 0 fully saturated rings. The molecule has 6 heteroatoms. The summed E-state index contributed by atoms with van der Waals surface area (Å²) in [7, 11) is 0. The highest BCUT2D eigenvalue weighted by molar-refractivity contribution is 5.85. The Kier molecular flexibility index (Phi) is 5.92. The third-order valence-corrected chi connectivity index (χ3v) is 1.93. The van der Waals surface area contributed by atoms with Crippen molar-refractivity contribution >= 4 is 18.4 Å². The fourth-order valence-electron chi connectivity index (χ4n) is 1.27. The maximum atomic E-state index is 13.1. The summed E-state index contributed by atoms with van der Waals surface area (Å²) in [5, 5.41) is 8.44. The largest absolute Gasteiger partial charge is 0.481 e. The maximum Gasteiger partial charge on any atom is 0.304 e. The van der Waals surface area contributed by atoms with Crippen LogP contribution in [0.5, 0.6) is 0 Å². The van der Waals surface area contributed by atoms with E-state index in [9.17, 15) is 13.6 Å². The van der Waals surface area contributed by atoms with Crippen LogP contribution in [-0.2, 0) is 11.2 Å². The molecule has 0 aliphatic rings. The first kappa shape index (κ1) is 14.8. The van der Waals surface area contributed by atoms with E-state index in [-0.39, 0.29) is 30.8 Å². The zero-order chi connectivity index (χ0) is 11.4. The van der Waals surface area contributed by atoms with Crippen LogP contribution in [0.3, 0.4) is 0 Å². The van der Waals surface area contributed by atoms with Crippen molar-refractivity contribution in [3.8, 4) is 0 Å². The third kappa shape index (κ3) is 4.55. The van der Waals surface area contributed by atoms with Gasteiger partial charge in [0.1, 0.15) is 11.6 Å². The number of carbonyl (C=O) groups is 1. The van der Waals surface area contributed by atoms with Crippen molar-refractivity contribution in [2.75, 3.05) is 0 Å². The highest BCUT2D eigenvalue weighted by Crippen LogP contribution is 2.12. The predicted octanol–water partition coefficient (Wildman–Crippen LogP) is 1.73. The second kappa shape index (κ2) is 6.40. The first-order valence-corrected chi connectivity index (χ1v) is 4.40. The van der Waals surface area contributed by atoms with E-state index < -0.39 is 23.6 Å². The van der Waals surface area contributed by atoms with Gasteiger partial charge in [0.15, 0.2) is 0 Å². The highest BCUT2D eigenvalue weighted by atomic mass is 35.5. The molecule has 0 heterocycles. The van der Waals surface area contributed by atoms with Crippen LogP contribution in [-0.4, -0.2) is 17.1 Å². The van der Waals surface area contributed by atoms with E-state index in [1.54, 1.807) is 0 Å². The Morgan fingerprint density at radius 1 is 1.44 bits per heavy atom. The summed E-state index contributed by atoms with van der Waals surface area (Å²) in [6.07, 6.45) is -0.158. The SMILES string of the molecule is Cl.NC(CC(=O)O)Cc1ccc(F)cc1F. The van der Waals surface area contributed by atoms with E-state index in [1.165, 1.54) is 6.07 Å². The summed E-state index contributed by atoms with van der Waals surface area (Å²) in [6.45, 7) is 0. The molecule has 0 aromatic heterocycles. The number of benzene rings is 1. The summed E-state index contributed by atoms with van der Waals surface area (Å²) in [6, 6.07) is 2.48. The second-order valence-electron chi connectivity index (χ2n) is 3.30. The first-order valence-electron chi connectivity index (χ1n) is 4.40. The topological polar surface area (TPSA) is 63.3 Å². The molecule has 1 aromatic rings. The Balaban J connectivity index is 0.00000225. The minimum Gasteiger partial charge on any atom is -0.481 e. The van der Waals surface area contributed by atoms with Crippen molar-refractivity contribution < 1.29 is 18.7 Å². The van der Waals surface area contributed by atoms with E-state index in [2.05, 4.69) is 0 Å². The number of nitrogens with two attached hydrogens (primary N) is 1. The highest BCUT2D eigenvalue weighted by Gasteiger charge is 2.12. The lowest BCUT2D eigenvalue weighted by Gasteiger charge is -2.09. The van der Waals surface area contributed by atoms with Crippen molar-refractivity contribution in [3.05, 3.63) is 35.4 Å². The van der Waals surface area contributed by atoms with Gasteiger partial charge in [-0.2, -0.15) is 0 Å². The Bertz CT molecular complexity index is 374. The molecule has 0 saturated heterocycles. The van der Waals surface area contributed by atoms with Crippen molar-refractivity contribution in [1.29, 1.82) is 0 Å². The molecule has 1 rings (SSSR count). The van der Waals surface area contributed by atoms with Gasteiger partial charge in [0, 0.05) is 12.1 Å². The Morgan fingerprint density at radius 2 is 2.06 bits per heavy atom. The van der Waals surface area contributed by atoms with Crippen LogP contribution in [0.2, 0.25) is 0 Å². The number of halogens is 3. The van der Waals surface area contributed by atoms with Gasteiger partial charge in [0.05, 0.1) is 6.42 Å². The molecule has 3 N–H and O–H groups in total. The number of hydrogen-bond acceptors (Lipinski definition) is 2. The summed E-state index contributed by atoms with van der Waals surface area (Å²) >= 11 is 0. The second-order valence-corrected chi connectivity index (χ2v) is 3.30. The molecule has 0 saturated carbocycles. The summed E-state index contributed by atoms with van der Waals surface area (Å²) < 4.78 is 25.6. The standard InChI is InChI=1S/C10H11F2NO2.ClH/c11-7-2-1-6(9(12)4-7)3-8(13)5-10(14)15;/h1-2,4,8H,3,5,13H2,(H,14,15);1H. The smallest absolute Gasteiger partial charge is 0.304 e. The average Bonchev–Trinajstić information content (AvgIpc) is 2.08. The van der Waals surface area contributed by atoms with E-state index >= 15 is 0 Å². The zero-order valence-electron chi connectivity index (χ0n) is 8.32. The fraction of sp³-hybridized carbons (Fsp3) is 0.300. The lowest BCUT2D eigenvalue weighted by Crippen LogP contribution is -2.26. The fourth-order valence-corrected chi connectivity index (χ4v) is 1.27. The summed E-state index contributed by atoms with van der Waals surface area (Å²) in [4.78, 5) is 10.3. The molecule has 0 aliphatic heterocycles. The van der Waals surface area contributed by atoms with Gasteiger partial charge in [-0.25, -0.2) is 8.78 Å². The molecule has 1 aromatic carbocycles. The minimum absolute atomic E-state index is 0. The van der Waals surface area contributed by atoms with Crippen molar-refractivity contribution in [2.24, 2.45) is 5.73 Å². The average molecular weight is 252 g/mol. The van der Waals surface area contributed by atoms with Crippen LogP contribution in [0.25, 0.3) is 0 Å². The molecule has 1 unspecified atom stereocenters. The van der Waals surface area contributed by atoms with Crippen LogP contribution in [0.4, 0.5) is 8.78 Å². The molecule has 16 heavy (non-hydrogen) atoms. The van der Waals surface area contributed by atoms with Gasteiger partial charge >= 0.3 is 5.97 Å². The van der Waals surface area contributed by atoms with Crippen LogP contribution in [0, 0.1) is 11.6 Å². The summed E-state index contributed by atoms with van der Waals surface area (Å²) in [5.41, 5.74) is 5.70. The lowest BCUT2D eigenvalue weighted by atomic mass is 10.0. The molecular weight excluding hydrogens is 240 g/mol. The van der Waals surface area contributed by atoms with Crippen molar-refractivity contribution in [1.82, 2.24) is 0 Å². The number of rotatable bonds is 4. The minimum atomic E-state index is -1.04. The number of carboxylic acid groups (broad SMARTS) is 1. The number of carboxylic acids is 1. The zero-order valence-corrected chi connectivity index (χ0v) is 9.14. The molecular formula is C10H12ClF2NO2. The normalized spacial score (nSPS) is 11.7. The van der Waals surface area contributed by atoms with Gasteiger partial charge in [0.2, 0.25) is 0 Å². The van der Waals surface area contributed by atoms with Crippen LogP contribution in [0.1, 0.15) is 12.0 Å². The molecule has 3 nitrogen and oxygen atoms in total. The monoisotopic (exact) mass is 251 g/mol. The molecule has 0 amide bonds. The number of hydrogen-bond donors (Lipinski definition) is 2. The van der Waals surface area contributed by atoms with E-state index in [4.69, 9.17) is 10.8 Å². The van der Waals surface area contributed by atoms with Crippen molar-refractivity contribution in [3.63, 3.8) is 0 Å². The Labute approximate surface area is 97.7 Å². The van der Waals surface area contributed by atoms with Gasteiger partial charge < -0.3 is 10.8 Å². The van der Waals surface area contributed by atoms with Gasteiger partial charge in [-0.1, -0.05) is 6.07 Å². The molecule has 1 atom stereocenters. The summed E-state index contributed by atoms with van der Waals surface area (Å²) in [5.74, 6) is -2.40. The molecule has 0 radical (unpaired) electrons. The van der Waals surface area contributed by atoms with Crippen LogP contribution in [0.15, 0.2) is 18.2 Å². The van der Waals surface area contributed by atoms with Gasteiger partial charge in [0.25, 0.3) is 0 Å². The van der Waals surface area contributed by atoms with E-state index in [0.717, 1.165) is 12.1 Å². The third-order valence-electron chi connectivity index (χ3n) is 1.93. The van der Waals surface area contributed by atoms with E-state index in [1.807, 2.05) is 0 Å². The number of aliphatic carboxylic acids is 1. The van der Waals surface area contributed by atoms with Crippen LogP contribution >= 0.6 is 12.4 Å². The van der Waals surface area contributed by atoms with Gasteiger partial charge in [-0.15, -0.1) is 12.4 Å². The molecule has 90 valence electrons.